The van der Waals surface area contributed by atoms with E-state index in [1.807, 2.05) is 7.05 Å². The molecule has 0 spiro atoms. The Hall–Kier alpha value is -2.58. The molecule has 1 unspecified atom stereocenters. The van der Waals surface area contributed by atoms with Crippen LogP contribution in [-0.2, 0) is 6.42 Å². The Labute approximate surface area is 163 Å². The molecule has 0 bridgehead atoms. The van der Waals surface area contributed by atoms with Gasteiger partial charge in [-0.25, -0.2) is 0 Å². The van der Waals surface area contributed by atoms with Gasteiger partial charge in [-0.3, -0.25) is 0 Å². The largest absolute Gasteiger partial charge is 0.349 e. The highest BCUT2D eigenvalue weighted by Crippen LogP contribution is 2.33. The van der Waals surface area contributed by atoms with E-state index >= 15 is 0 Å². The first kappa shape index (κ1) is 19.2. The predicted octanol–water partition coefficient (Wildman–Crippen LogP) is 5.28. The standard InChI is InChI=1S/C25H30N2/c1-20-18-25(21(2)23-12-8-5-9-13-23)27(17-16-26-3)19-24(20)15-14-22-10-6-4-7-11-22/h4-13,18-19,21,26H,1,14-17H2,2-3H3. The molecule has 27 heavy (non-hydrogen) atoms. The van der Waals surface area contributed by atoms with Crippen molar-refractivity contribution in [2.75, 3.05) is 20.1 Å². The third kappa shape index (κ3) is 4.99. The maximum atomic E-state index is 4.36. The molecule has 140 valence electrons. The van der Waals surface area contributed by atoms with Gasteiger partial charge in [-0.05, 0) is 48.2 Å². The smallest absolute Gasteiger partial charge is 0.0347 e. The number of nitrogens with one attached hydrogen (secondary N) is 1. The van der Waals surface area contributed by atoms with Crippen LogP contribution in [0, 0.1) is 0 Å². The summed E-state index contributed by atoms with van der Waals surface area (Å²) in [6, 6.07) is 21.4. The van der Waals surface area contributed by atoms with Crippen LogP contribution in [0.4, 0.5) is 0 Å². The lowest BCUT2D eigenvalue weighted by Crippen LogP contribution is -2.30. The topological polar surface area (TPSA) is 15.3 Å². The van der Waals surface area contributed by atoms with Crippen molar-refractivity contribution in [3.8, 4) is 0 Å². The lowest BCUT2D eigenvalue weighted by atomic mass is 9.90. The maximum absolute atomic E-state index is 4.36. The van der Waals surface area contributed by atoms with Gasteiger partial charge in [-0.2, -0.15) is 0 Å². The molecule has 2 aromatic carbocycles. The molecule has 0 aliphatic carbocycles. The van der Waals surface area contributed by atoms with Crippen LogP contribution in [0.25, 0.3) is 0 Å². The number of rotatable bonds is 8. The van der Waals surface area contributed by atoms with Crippen molar-refractivity contribution in [3.05, 3.63) is 107 Å². The molecule has 1 heterocycles. The normalized spacial score (nSPS) is 15.3. The number of nitrogens with zero attached hydrogens (tertiary/aromatic N) is 1. The van der Waals surface area contributed by atoms with Crippen LogP contribution < -0.4 is 5.32 Å². The lowest BCUT2D eigenvalue weighted by molar-refractivity contribution is 0.422. The first-order valence-electron chi connectivity index (χ1n) is 9.80. The van der Waals surface area contributed by atoms with E-state index in [1.54, 1.807) is 0 Å². The van der Waals surface area contributed by atoms with Gasteiger partial charge in [0.15, 0.2) is 0 Å². The molecule has 0 amide bonds. The molecule has 1 N–H and O–H groups in total. The van der Waals surface area contributed by atoms with Crippen molar-refractivity contribution in [2.45, 2.75) is 25.7 Å². The third-order valence-corrected chi connectivity index (χ3v) is 5.25. The second kappa shape index (κ2) is 9.38. The molecule has 0 saturated carbocycles. The second-order valence-electron chi connectivity index (χ2n) is 7.16. The molecule has 1 aliphatic heterocycles. The fourth-order valence-corrected chi connectivity index (χ4v) is 3.56. The lowest BCUT2D eigenvalue weighted by Gasteiger charge is -2.33. The molecular weight excluding hydrogens is 328 g/mol. The van der Waals surface area contributed by atoms with Gasteiger partial charge in [0.25, 0.3) is 0 Å². The minimum atomic E-state index is 0.340. The Balaban J connectivity index is 1.78. The Kier molecular flexibility index (Phi) is 6.67. The van der Waals surface area contributed by atoms with Crippen LogP contribution in [0.1, 0.15) is 30.4 Å². The average molecular weight is 359 g/mol. The van der Waals surface area contributed by atoms with Crippen molar-refractivity contribution in [1.82, 2.24) is 10.2 Å². The van der Waals surface area contributed by atoms with Crippen LogP contribution in [0.15, 0.2) is 96.4 Å². The monoisotopic (exact) mass is 358 g/mol. The minimum Gasteiger partial charge on any atom is -0.349 e. The number of benzene rings is 2. The molecular formula is C25H30N2. The van der Waals surface area contributed by atoms with Crippen molar-refractivity contribution in [3.63, 3.8) is 0 Å². The molecule has 1 aliphatic rings. The number of hydrogen-bond acceptors (Lipinski definition) is 2. The van der Waals surface area contributed by atoms with E-state index in [0.29, 0.717) is 5.92 Å². The predicted molar refractivity (Wildman–Crippen MR) is 116 cm³/mol. The van der Waals surface area contributed by atoms with E-state index in [2.05, 4.69) is 96.7 Å². The van der Waals surface area contributed by atoms with Gasteiger partial charge in [0.1, 0.15) is 0 Å². The number of hydrogen-bond donors (Lipinski definition) is 1. The van der Waals surface area contributed by atoms with E-state index in [-0.39, 0.29) is 0 Å². The van der Waals surface area contributed by atoms with Crippen molar-refractivity contribution >= 4 is 0 Å². The zero-order valence-electron chi connectivity index (χ0n) is 16.5. The van der Waals surface area contributed by atoms with Gasteiger partial charge in [-0.15, -0.1) is 0 Å². The van der Waals surface area contributed by atoms with Crippen LogP contribution in [0.2, 0.25) is 0 Å². The van der Waals surface area contributed by atoms with Gasteiger partial charge in [0.05, 0.1) is 0 Å². The van der Waals surface area contributed by atoms with Gasteiger partial charge in [-0.1, -0.05) is 74.2 Å². The third-order valence-electron chi connectivity index (χ3n) is 5.25. The molecule has 2 nitrogen and oxygen atoms in total. The van der Waals surface area contributed by atoms with Crippen LogP contribution in [0.5, 0.6) is 0 Å². The highest BCUT2D eigenvalue weighted by atomic mass is 15.1. The fourth-order valence-electron chi connectivity index (χ4n) is 3.56. The van der Waals surface area contributed by atoms with E-state index in [9.17, 15) is 0 Å². The molecule has 2 aromatic rings. The minimum absolute atomic E-state index is 0.340. The Morgan fingerprint density at radius 3 is 2.30 bits per heavy atom. The highest BCUT2D eigenvalue weighted by molar-refractivity contribution is 5.46. The Bertz CT molecular complexity index is 803. The number of likely N-dealkylation sites (N-methyl/N-ethyl adjacent to an activating group) is 1. The zero-order valence-corrected chi connectivity index (χ0v) is 16.5. The first-order valence-corrected chi connectivity index (χ1v) is 9.80. The summed E-state index contributed by atoms with van der Waals surface area (Å²) in [6.07, 6.45) is 6.66. The summed E-state index contributed by atoms with van der Waals surface area (Å²) in [5, 5.41) is 3.28. The summed E-state index contributed by atoms with van der Waals surface area (Å²) in [7, 11) is 2.01. The van der Waals surface area contributed by atoms with Gasteiger partial charge >= 0.3 is 0 Å². The van der Waals surface area contributed by atoms with Crippen LogP contribution >= 0.6 is 0 Å². The summed E-state index contributed by atoms with van der Waals surface area (Å²) in [5.41, 5.74) is 6.51. The first-order chi connectivity index (χ1) is 13.2. The molecule has 0 radical (unpaired) electrons. The molecule has 0 fully saturated rings. The van der Waals surface area contributed by atoms with Crippen LogP contribution in [-0.4, -0.2) is 25.0 Å². The number of allylic oxidation sites excluding steroid dienone is 4. The van der Waals surface area contributed by atoms with Gasteiger partial charge < -0.3 is 10.2 Å². The van der Waals surface area contributed by atoms with E-state index in [4.69, 9.17) is 0 Å². The highest BCUT2D eigenvalue weighted by Gasteiger charge is 2.21. The summed E-state index contributed by atoms with van der Waals surface area (Å²) >= 11 is 0. The Morgan fingerprint density at radius 2 is 1.63 bits per heavy atom. The van der Waals surface area contributed by atoms with Crippen molar-refractivity contribution in [2.24, 2.45) is 0 Å². The number of aryl methyl sites for hydroxylation is 1. The SMILES string of the molecule is C=C1C=C(C(C)c2ccccc2)N(CCNC)C=C1CCc1ccccc1. The maximum Gasteiger partial charge on any atom is 0.0347 e. The van der Waals surface area contributed by atoms with Crippen molar-refractivity contribution in [1.29, 1.82) is 0 Å². The molecule has 2 heteroatoms. The van der Waals surface area contributed by atoms with Gasteiger partial charge in [0, 0.05) is 30.9 Å². The Morgan fingerprint density at radius 1 is 0.963 bits per heavy atom. The van der Waals surface area contributed by atoms with E-state index < -0.39 is 0 Å². The fraction of sp³-hybridized carbons (Fsp3) is 0.280. The quantitative estimate of drug-likeness (QED) is 0.690. The zero-order chi connectivity index (χ0) is 19.1. The molecule has 0 aromatic heterocycles. The van der Waals surface area contributed by atoms with E-state index in [1.165, 1.54) is 22.4 Å². The summed E-state index contributed by atoms with van der Waals surface area (Å²) in [5.74, 6) is 0.340. The second-order valence-corrected chi connectivity index (χ2v) is 7.16. The summed E-state index contributed by atoms with van der Waals surface area (Å²) < 4.78 is 0. The summed E-state index contributed by atoms with van der Waals surface area (Å²) in [4.78, 5) is 2.41. The van der Waals surface area contributed by atoms with Crippen LogP contribution in [0.3, 0.4) is 0 Å². The summed E-state index contributed by atoms with van der Waals surface area (Å²) in [6.45, 7) is 8.56. The molecule has 3 rings (SSSR count). The van der Waals surface area contributed by atoms with E-state index in [0.717, 1.165) is 31.5 Å². The molecule has 0 saturated heterocycles. The van der Waals surface area contributed by atoms with Gasteiger partial charge in [0.2, 0.25) is 0 Å². The average Bonchev–Trinajstić information content (AvgIpc) is 2.72. The molecule has 1 atom stereocenters. The van der Waals surface area contributed by atoms with Crippen molar-refractivity contribution < 1.29 is 0 Å².